The summed E-state index contributed by atoms with van der Waals surface area (Å²) in [5.74, 6) is 0. The molecule has 0 fully saturated rings. The minimum Gasteiger partial charge on any atom is -0.498 e. The Balaban J connectivity index is 3.35. The van der Waals surface area contributed by atoms with Crippen LogP contribution in [0.5, 0.6) is 0 Å². The van der Waals surface area contributed by atoms with Crippen LogP contribution in [0.2, 0.25) is 0 Å². The molecule has 7 heteroatoms. The second-order valence-corrected chi connectivity index (χ2v) is 3.90. The zero-order chi connectivity index (χ0) is 9.61. The molecule has 0 aromatic carbocycles. The largest absolute Gasteiger partial charge is 0.498 e. The number of phosphoric acid groups is 1. The van der Waals surface area contributed by atoms with Crippen molar-refractivity contribution in [3.05, 3.63) is 11.2 Å². The van der Waals surface area contributed by atoms with E-state index in [-0.39, 0.29) is 13.2 Å². The van der Waals surface area contributed by atoms with Gasteiger partial charge in [0, 0.05) is 4.91 Å². The fourth-order valence-corrected chi connectivity index (χ4v) is 0.771. The Bertz CT molecular complexity index is 194. The fourth-order valence-electron chi connectivity index (χ4n) is 0.384. The first-order valence-corrected chi connectivity index (χ1v) is 5.07. The first kappa shape index (κ1) is 12.0. The van der Waals surface area contributed by atoms with Gasteiger partial charge >= 0.3 is 7.82 Å². The van der Waals surface area contributed by atoms with Crippen molar-refractivity contribution in [2.75, 3.05) is 13.2 Å². The van der Waals surface area contributed by atoms with E-state index in [4.69, 9.17) is 14.5 Å². The second-order valence-electron chi connectivity index (χ2n) is 1.95. The minimum absolute atomic E-state index is 0.0863. The van der Waals surface area contributed by atoms with E-state index in [1.807, 2.05) is 0 Å². The van der Waals surface area contributed by atoms with Gasteiger partial charge in [0.1, 0.15) is 6.61 Å². The molecule has 0 bridgehead atoms. The molecule has 0 heterocycles. The van der Waals surface area contributed by atoms with Crippen LogP contribution in [0.3, 0.4) is 0 Å². The van der Waals surface area contributed by atoms with E-state index >= 15 is 0 Å². The predicted molar refractivity (Wildman–Crippen MR) is 46.7 cm³/mol. The molecular formula is C5H11O5PS. The molecule has 5 nitrogen and oxygen atoms in total. The van der Waals surface area contributed by atoms with Gasteiger partial charge in [-0.2, -0.15) is 0 Å². The predicted octanol–water partition coefficient (Wildman–Crippen LogP) is 0.903. The molecule has 0 spiro atoms. The average Bonchev–Trinajstić information content (AvgIpc) is 1.83. The number of ether oxygens (including phenoxy) is 1. The summed E-state index contributed by atoms with van der Waals surface area (Å²) in [4.78, 5) is 17.1. The smallest absolute Gasteiger partial charge is 0.469 e. The van der Waals surface area contributed by atoms with Crippen LogP contribution in [0.15, 0.2) is 11.2 Å². The van der Waals surface area contributed by atoms with Gasteiger partial charge in [0.2, 0.25) is 0 Å². The highest BCUT2D eigenvalue weighted by Gasteiger charge is 2.12. The molecule has 0 saturated heterocycles. The van der Waals surface area contributed by atoms with Gasteiger partial charge in [-0.1, -0.05) is 0 Å². The lowest BCUT2D eigenvalue weighted by Gasteiger charge is -2.04. The van der Waals surface area contributed by atoms with Crippen LogP contribution in [0.4, 0.5) is 0 Å². The molecule has 2 N–H and O–H groups in total. The summed E-state index contributed by atoms with van der Waals surface area (Å²) in [6.45, 7) is 1.65. The molecule has 0 aliphatic rings. The zero-order valence-corrected chi connectivity index (χ0v) is 8.29. The second kappa shape index (κ2) is 5.61. The molecule has 0 rings (SSSR count). The molecule has 0 amide bonds. The quantitative estimate of drug-likeness (QED) is 0.274. The third-order valence-corrected chi connectivity index (χ3v) is 1.34. The zero-order valence-electron chi connectivity index (χ0n) is 6.51. The topological polar surface area (TPSA) is 76.0 Å². The standard InChI is InChI=1S/C5H11O5PS/c1-5(12)4-9-2-3-10-11(6,7)8/h4,12H,2-3H2,1H3,(H2,6,7,8). The molecule has 0 atom stereocenters. The molecule has 0 radical (unpaired) electrons. The minimum atomic E-state index is -4.35. The van der Waals surface area contributed by atoms with Crippen molar-refractivity contribution in [1.82, 2.24) is 0 Å². The first-order chi connectivity index (χ1) is 5.42. The molecule has 72 valence electrons. The normalized spacial score (nSPS) is 13.2. The third-order valence-electron chi connectivity index (χ3n) is 0.715. The molecule has 0 aliphatic heterocycles. The Morgan fingerprint density at radius 1 is 1.58 bits per heavy atom. The molecule has 0 aliphatic carbocycles. The monoisotopic (exact) mass is 214 g/mol. The lowest BCUT2D eigenvalue weighted by atomic mass is 10.7. The van der Waals surface area contributed by atoms with E-state index in [0.29, 0.717) is 4.91 Å². The van der Waals surface area contributed by atoms with Crippen LogP contribution in [0, 0.1) is 0 Å². The maximum Gasteiger partial charge on any atom is 0.469 e. The first-order valence-electron chi connectivity index (χ1n) is 3.09. The maximum absolute atomic E-state index is 10.1. The van der Waals surface area contributed by atoms with Crippen LogP contribution in [-0.2, 0) is 13.8 Å². The summed E-state index contributed by atoms with van der Waals surface area (Å²) < 4.78 is 19.0. The highest BCUT2D eigenvalue weighted by atomic mass is 32.1. The van der Waals surface area contributed by atoms with E-state index in [9.17, 15) is 4.57 Å². The number of thiol groups is 1. The summed E-state index contributed by atoms with van der Waals surface area (Å²) in [5, 5.41) is 0. The van der Waals surface area contributed by atoms with Crippen LogP contribution in [0.1, 0.15) is 6.92 Å². The Labute approximate surface area is 76.0 Å². The molecule has 0 aromatic rings. The summed E-state index contributed by atoms with van der Waals surface area (Å²) in [7, 11) is -4.35. The van der Waals surface area contributed by atoms with Crippen molar-refractivity contribution in [2.24, 2.45) is 0 Å². The molecular weight excluding hydrogens is 203 g/mol. The van der Waals surface area contributed by atoms with E-state index in [1.54, 1.807) is 6.92 Å². The maximum atomic E-state index is 10.1. The Morgan fingerprint density at radius 2 is 2.17 bits per heavy atom. The molecule has 12 heavy (non-hydrogen) atoms. The van der Waals surface area contributed by atoms with Gasteiger partial charge in [-0.3, -0.25) is 4.52 Å². The number of phosphoric ester groups is 1. The van der Waals surface area contributed by atoms with Gasteiger partial charge in [-0.05, 0) is 6.92 Å². The number of hydrogen-bond acceptors (Lipinski definition) is 4. The van der Waals surface area contributed by atoms with E-state index in [1.165, 1.54) is 6.26 Å². The van der Waals surface area contributed by atoms with Gasteiger partial charge in [0.05, 0.1) is 12.9 Å². The van der Waals surface area contributed by atoms with Crippen molar-refractivity contribution in [3.8, 4) is 0 Å². The van der Waals surface area contributed by atoms with Crippen LogP contribution < -0.4 is 0 Å². The van der Waals surface area contributed by atoms with E-state index in [2.05, 4.69) is 17.2 Å². The van der Waals surface area contributed by atoms with Crippen molar-refractivity contribution < 1.29 is 23.6 Å². The van der Waals surface area contributed by atoms with Crippen LogP contribution in [0.25, 0.3) is 0 Å². The number of rotatable bonds is 5. The highest BCUT2D eigenvalue weighted by Crippen LogP contribution is 2.35. The van der Waals surface area contributed by atoms with Crippen molar-refractivity contribution in [2.45, 2.75) is 6.92 Å². The average molecular weight is 214 g/mol. The van der Waals surface area contributed by atoms with Gasteiger partial charge < -0.3 is 14.5 Å². The lowest BCUT2D eigenvalue weighted by Crippen LogP contribution is -1.99. The summed E-state index contributed by atoms with van der Waals surface area (Å²) in [6.07, 6.45) is 1.37. The molecule has 0 aromatic heterocycles. The lowest BCUT2D eigenvalue weighted by molar-refractivity contribution is 0.140. The van der Waals surface area contributed by atoms with Gasteiger partial charge in [0.25, 0.3) is 0 Å². The summed E-state index contributed by atoms with van der Waals surface area (Å²) in [6, 6.07) is 0. The Hall–Kier alpha value is -0.0000000000000000971. The molecule has 0 saturated carbocycles. The highest BCUT2D eigenvalue weighted by molar-refractivity contribution is 7.84. The fraction of sp³-hybridized carbons (Fsp3) is 0.600. The SMILES string of the molecule is CC(S)=COCCOP(=O)(O)O. The van der Waals surface area contributed by atoms with Gasteiger partial charge in [0.15, 0.2) is 0 Å². The van der Waals surface area contributed by atoms with Gasteiger partial charge in [-0.15, -0.1) is 12.6 Å². The Kier molecular flexibility index (Phi) is 5.61. The summed E-state index contributed by atoms with van der Waals surface area (Å²) >= 11 is 3.90. The number of allylic oxidation sites excluding steroid dienone is 1. The van der Waals surface area contributed by atoms with E-state index < -0.39 is 7.82 Å². The van der Waals surface area contributed by atoms with Crippen molar-refractivity contribution >= 4 is 20.5 Å². The van der Waals surface area contributed by atoms with Crippen molar-refractivity contribution in [1.29, 1.82) is 0 Å². The van der Waals surface area contributed by atoms with Crippen molar-refractivity contribution in [3.63, 3.8) is 0 Å². The third kappa shape index (κ3) is 10.0. The number of hydrogen-bond donors (Lipinski definition) is 3. The molecule has 0 unspecified atom stereocenters. The van der Waals surface area contributed by atoms with Crippen LogP contribution in [-0.4, -0.2) is 23.0 Å². The summed E-state index contributed by atoms with van der Waals surface area (Å²) in [5.41, 5.74) is 0. The van der Waals surface area contributed by atoms with Crippen LogP contribution >= 0.6 is 20.5 Å². The van der Waals surface area contributed by atoms with E-state index in [0.717, 1.165) is 0 Å². The van der Waals surface area contributed by atoms with Gasteiger partial charge in [-0.25, -0.2) is 4.57 Å². The Morgan fingerprint density at radius 3 is 2.58 bits per heavy atom.